The first-order valence-electron chi connectivity index (χ1n) is 5.60. The summed E-state index contributed by atoms with van der Waals surface area (Å²) in [6.07, 6.45) is 0.268. The Labute approximate surface area is 114 Å². The average molecular weight is 307 g/mol. The Morgan fingerprint density at radius 1 is 1.22 bits per heavy atom. The van der Waals surface area contributed by atoms with Gasteiger partial charge in [-0.1, -0.05) is 34.1 Å². The van der Waals surface area contributed by atoms with Crippen molar-refractivity contribution in [3.05, 3.63) is 69.4 Å². The highest BCUT2D eigenvalue weighted by Crippen LogP contribution is 2.19. The molecule has 18 heavy (non-hydrogen) atoms. The lowest BCUT2D eigenvalue weighted by atomic mass is 10.0. The summed E-state index contributed by atoms with van der Waals surface area (Å²) in [5, 5.41) is 0. The van der Waals surface area contributed by atoms with E-state index in [0.29, 0.717) is 5.56 Å². The Kier molecular flexibility index (Phi) is 3.92. The van der Waals surface area contributed by atoms with E-state index in [1.165, 1.54) is 12.1 Å². The first-order chi connectivity index (χ1) is 8.56. The number of rotatable bonds is 3. The van der Waals surface area contributed by atoms with Crippen LogP contribution in [0.25, 0.3) is 0 Å². The average Bonchev–Trinajstić information content (AvgIpc) is 2.31. The van der Waals surface area contributed by atoms with Crippen molar-refractivity contribution in [2.45, 2.75) is 13.3 Å². The third-order valence-electron chi connectivity index (χ3n) is 2.67. The van der Waals surface area contributed by atoms with Crippen LogP contribution in [0, 0.1) is 12.7 Å². The van der Waals surface area contributed by atoms with E-state index in [0.717, 1.165) is 15.6 Å². The van der Waals surface area contributed by atoms with Crippen molar-refractivity contribution in [3.8, 4) is 0 Å². The Balaban J connectivity index is 2.25. The topological polar surface area (TPSA) is 17.1 Å². The predicted octanol–water partition coefficient (Wildman–Crippen LogP) is 4.32. The minimum atomic E-state index is -0.370. The van der Waals surface area contributed by atoms with Crippen LogP contribution in [0.4, 0.5) is 4.39 Å². The first kappa shape index (κ1) is 13.0. The highest BCUT2D eigenvalue weighted by molar-refractivity contribution is 9.10. The first-order valence-corrected chi connectivity index (χ1v) is 6.39. The molecule has 0 saturated heterocycles. The van der Waals surface area contributed by atoms with Gasteiger partial charge in [0.1, 0.15) is 5.82 Å². The van der Waals surface area contributed by atoms with Gasteiger partial charge in [0.15, 0.2) is 5.78 Å². The van der Waals surface area contributed by atoms with Crippen LogP contribution in [0.2, 0.25) is 0 Å². The summed E-state index contributed by atoms with van der Waals surface area (Å²) in [4.78, 5) is 12.1. The molecule has 2 aromatic rings. The number of carbonyl (C=O) groups is 1. The van der Waals surface area contributed by atoms with Crippen LogP contribution >= 0.6 is 15.9 Å². The minimum Gasteiger partial charge on any atom is -0.294 e. The lowest BCUT2D eigenvalue weighted by Crippen LogP contribution is -2.05. The molecule has 0 heterocycles. The number of hydrogen-bond acceptors (Lipinski definition) is 1. The Morgan fingerprint density at radius 3 is 2.61 bits per heavy atom. The lowest BCUT2D eigenvalue weighted by molar-refractivity contribution is 0.0992. The molecule has 3 heteroatoms. The van der Waals surface area contributed by atoms with Gasteiger partial charge < -0.3 is 0 Å². The van der Waals surface area contributed by atoms with Crippen LogP contribution in [-0.2, 0) is 6.42 Å². The fourth-order valence-corrected chi connectivity index (χ4v) is 2.24. The summed E-state index contributed by atoms with van der Waals surface area (Å²) in [6.45, 7) is 1.78. The number of carbonyl (C=O) groups excluding carboxylic acids is 1. The molecule has 2 aromatic carbocycles. The third-order valence-corrected chi connectivity index (χ3v) is 3.45. The fourth-order valence-electron chi connectivity index (χ4n) is 1.81. The Bertz CT molecular complexity index is 573. The van der Waals surface area contributed by atoms with Crippen LogP contribution < -0.4 is 0 Å². The van der Waals surface area contributed by atoms with Gasteiger partial charge in [-0.15, -0.1) is 0 Å². The molecule has 2 rings (SSSR count). The van der Waals surface area contributed by atoms with Crippen molar-refractivity contribution in [3.63, 3.8) is 0 Å². The van der Waals surface area contributed by atoms with Gasteiger partial charge >= 0.3 is 0 Å². The van der Waals surface area contributed by atoms with Crippen LogP contribution in [0.3, 0.4) is 0 Å². The van der Waals surface area contributed by atoms with E-state index in [9.17, 15) is 9.18 Å². The predicted molar refractivity (Wildman–Crippen MR) is 73.3 cm³/mol. The molecule has 0 bridgehead atoms. The maximum Gasteiger partial charge on any atom is 0.167 e. The van der Waals surface area contributed by atoms with E-state index in [-0.39, 0.29) is 18.0 Å². The molecule has 0 fully saturated rings. The van der Waals surface area contributed by atoms with Gasteiger partial charge in [-0.05, 0) is 42.3 Å². The van der Waals surface area contributed by atoms with E-state index < -0.39 is 0 Å². The third kappa shape index (κ3) is 3.05. The van der Waals surface area contributed by atoms with Crippen LogP contribution in [-0.4, -0.2) is 5.78 Å². The molecule has 0 saturated carbocycles. The summed E-state index contributed by atoms with van der Waals surface area (Å²) < 4.78 is 14.1. The molecule has 1 nitrogen and oxygen atoms in total. The number of hydrogen-bond donors (Lipinski definition) is 0. The number of Topliss-reactive ketones (excluding diaryl/α,β-unsaturated/α-hetero) is 1. The second-order valence-corrected chi connectivity index (χ2v) is 5.06. The molecule has 0 atom stereocenters. The smallest absolute Gasteiger partial charge is 0.167 e. The van der Waals surface area contributed by atoms with E-state index in [1.807, 2.05) is 24.3 Å². The molecule has 92 valence electrons. The zero-order valence-corrected chi connectivity index (χ0v) is 11.5. The van der Waals surface area contributed by atoms with E-state index >= 15 is 0 Å². The van der Waals surface area contributed by atoms with Crippen LogP contribution in [0.5, 0.6) is 0 Å². The van der Waals surface area contributed by atoms with Gasteiger partial charge in [-0.25, -0.2) is 4.39 Å². The number of halogens is 2. The normalized spacial score (nSPS) is 10.4. The van der Waals surface area contributed by atoms with Gasteiger partial charge in [-0.3, -0.25) is 4.79 Å². The van der Waals surface area contributed by atoms with Crippen molar-refractivity contribution in [1.29, 1.82) is 0 Å². The second kappa shape index (κ2) is 5.44. The summed E-state index contributed by atoms with van der Waals surface area (Å²) in [5.41, 5.74) is 2.08. The minimum absolute atomic E-state index is 0.0792. The van der Waals surface area contributed by atoms with Crippen molar-refractivity contribution >= 4 is 21.7 Å². The largest absolute Gasteiger partial charge is 0.294 e. The zero-order chi connectivity index (χ0) is 13.1. The monoisotopic (exact) mass is 306 g/mol. The maximum absolute atomic E-state index is 13.2. The van der Waals surface area contributed by atoms with Gasteiger partial charge in [0, 0.05) is 16.5 Å². The molecule has 0 aliphatic carbocycles. The molecule has 0 spiro atoms. The highest BCUT2D eigenvalue weighted by atomic mass is 79.9. The van der Waals surface area contributed by atoms with Crippen molar-refractivity contribution in [1.82, 2.24) is 0 Å². The number of ketones is 1. The molecular formula is C15H12BrFO. The van der Waals surface area contributed by atoms with E-state index in [1.54, 1.807) is 13.0 Å². The lowest BCUT2D eigenvalue weighted by Gasteiger charge is -2.05. The van der Waals surface area contributed by atoms with Gasteiger partial charge in [0.2, 0.25) is 0 Å². The summed E-state index contributed by atoms with van der Waals surface area (Å²) >= 11 is 3.40. The zero-order valence-electron chi connectivity index (χ0n) is 9.91. The molecule has 0 amide bonds. The number of aryl methyl sites for hydroxylation is 1. The second-order valence-electron chi connectivity index (χ2n) is 4.21. The van der Waals surface area contributed by atoms with Crippen LogP contribution in [0.15, 0.2) is 46.9 Å². The number of benzene rings is 2. The molecule has 0 unspecified atom stereocenters. The Hall–Kier alpha value is -1.48. The SMILES string of the molecule is Cc1cc(F)cc(C(=O)Cc2ccccc2Br)c1. The van der Waals surface area contributed by atoms with E-state index in [4.69, 9.17) is 0 Å². The molecule has 0 N–H and O–H groups in total. The quantitative estimate of drug-likeness (QED) is 0.772. The van der Waals surface area contributed by atoms with Crippen LogP contribution in [0.1, 0.15) is 21.5 Å². The summed E-state index contributed by atoms with van der Waals surface area (Å²) in [6, 6.07) is 12.0. The standard InChI is InChI=1S/C15H12BrFO/c1-10-6-12(8-13(17)7-10)15(18)9-11-4-2-3-5-14(11)16/h2-8H,9H2,1H3. The van der Waals surface area contributed by atoms with Crippen molar-refractivity contribution in [2.75, 3.05) is 0 Å². The summed E-state index contributed by atoms with van der Waals surface area (Å²) in [5.74, 6) is -0.449. The molecule has 0 aromatic heterocycles. The van der Waals surface area contributed by atoms with Crippen molar-refractivity contribution in [2.24, 2.45) is 0 Å². The highest BCUT2D eigenvalue weighted by Gasteiger charge is 2.10. The molecule has 0 radical (unpaired) electrons. The van der Waals surface area contributed by atoms with E-state index in [2.05, 4.69) is 15.9 Å². The molecule has 0 aliphatic heterocycles. The summed E-state index contributed by atoms with van der Waals surface area (Å²) in [7, 11) is 0. The maximum atomic E-state index is 13.2. The van der Waals surface area contributed by atoms with Gasteiger partial charge in [0.05, 0.1) is 0 Å². The van der Waals surface area contributed by atoms with Gasteiger partial charge in [-0.2, -0.15) is 0 Å². The molecule has 0 aliphatic rings. The van der Waals surface area contributed by atoms with Crippen molar-refractivity contribution < 1.29 is 9.18 Å². The fraction of sp³-hybridized carbons (Fsp3) is 0.133. The Morgan fingerprint density at radius 2 is 1.94 bits per heavy atom. The molecular weight excluding hydrogens is 295 g/mol. The van der Waals surface area contributed by atoms with Gasteiger partial charge in [0.25, 0.3) is 0 Å².